The summed E-state index contributed by atoms with van der Waals surface area (Å²) >= 11 is 6.29. The van der Waals surface area contributed by atoms with Crippen molar-refractivity contribution in [3.05, 3.63) is 99.9 Å². The molecule has 0 spiro atoms. The lowest BCUT2D eigenvalue weighted by molar-refractivity contribution is -0.123. The van der Waals surface area contributed by atoms with Crippen LogP contribution >= 0.6 is 11.6 Å². The van der Waals surface area contributed by atoms with Crippen LogP contribution in [-0.4, -0.2) is 38.2 Å². The van der Waals surface area contributed by atoms with Gasteiger partial charge in [0.15, 0.2) is 0 Å². The van der Waals surface area contributed by atoms with Crippen molar-refractivity contribution in [1.82, 2.24) is 24.8 Å². The third-order valence-corrected chi connectivity index (χ3v) is 7.19. The molecule has 1 aromatic carbocycles. The van der Waals surface area contributed by atoms with E-state index in [1.54, 1.807) is 48.3 Å². The standard InChI is InChI=1S/C29H28ClN7O3/c1-17-4-3-5-25(23-12-18(8-9-33-23)27(32-2)24(15-31)36-28(17)39)37-16-35-22(14-26(37)38)21-13-19(30)6-7-20(21)29-34-10-11-40-29/h6-17,25H,3-5,31H2,1-2H3,(H,36,39). The molecule has 2 bridgehead atoms. The molecule has 2 unspecified atom stereocenters. The van der Waals surface area contributed by atoms with Gasteiger partial charge in [-0.15, -0.1) is 0 Å². The number of rotatable bonds is 3. The lowest BCUT2D eigenvalue weighted by Crippen LogP contribution is -2.33. The van der Waals surface area contributed by atoms with Crippen molar-refractivity contribution in [2.75, 3.05) is 7.05 Å². The predicted octanol–water partition coefficient (Wildman–Crippen LogP) is 4.36. The van der Waals surface area contributed by atoms with Crippen molar-refractivity contribution in [2.45, 2.75) is 32.2 Å². The number of hydrogen-bond acceptors (Lipinski definition) is 8. The first-order chi connectivity index (χ1) is 19.4. The summed E-state index contributed by atoms with van der Waals surface area (Å²) in [6, 6.07) is 9.96. The summed E-state index contributed by atoms with van der Waals surface area (Å²) in [4.78, 5) is 44.3. The second kappa shape index (κ2) is 11.7. The van der Waals surface area contributed by atoms with E-state index in [0.29, 0.717) is 64.1 Å². The summed E-state index contributed by atoms with van der Waals surface area (Å²) in [6.45, 7) is 1.86. The van der Waals surface area contributed by atoms with Crippen molar-refractivity contribution in [3.8, 4) is 22.7 Å². The minimum Gasteiger partial charge on any atom is -0.445 e. The van der Waals surface area contributed by atoms with Gasteiger partial charge < -0.3 is 15.5 Å². The Bertz CT molecular complexity index is 1660. The maximum Gasteiger partial charge on any atom is 0.254 e. The van der Waals surface area contributed by atoms with Gasteiger partial charge in [-0.25, -0.2) is 9.97 Å². The lowest BCUT2D eigenvalue weighted by atomic mass is 9.96. The number of nitrogens with two attached hydrogens (primary N) is 1. The molecule has 3 N–H and O–H groups in total. The van der Waals surface area contributed by atoms with Crippen LogP contribution in [0.3, 0.4) is 0 Å². The van der Waals surface area contributed by atoms with Gasteiger partial charge in [0, 0.05) is 53.1 Å². The maximum atomic E-state index is 13.6. The minimum absolute atomic E-state index is 0.143. The molecule has 204 valence electrons. The number of oxazole rings is 1. The number of pyridine rings is 1. The maximum absolute atomic E-state index is 13.6. The molecule has 0 saturated heterocycles. The normalized spacial score (nSPS) is 20.1. The van der Waals surface area contributed by atoms with Crippen LogP contribution in [0, 0.1) is 5.92 Å². The smallest absolute Gasteiger partial charge is 0.254 e. The highest BCUT2D eigenvalue weighted by molar-refractivity contribution is 6.31. The molecule has 0 fully saturated rings. The van der Waals surface area contributed by atoms with Crippen LogP contribution in [0.1, 0.15) is 43.5 Å². The number of hydrogen-bond donors (Lipinski definition) is 2. The molecule has 4 aromatic rings. The molecule has 1 aliphatic heterocycles. The highest BCUT2D eigenvalue weighted by Gasteiger charge is 2.24. The number of carbonyl (C=O) groups excluding carboxylic acids is 1. The molecular formula is C29H28ClN7O3. The number of fused-ring (bicyclic) bond motifs is 2. The molecule has 1 amide bonds. The minimum atomic E-state index is -0.419. The van der Waals surface area contributed by atoms with Crippen molar-refractivity contribution in [3.63, 3.8) is 0 Å². The molecule has 1 aliphatic rings. The largest absolute Gasteiger partial charge is 0.445 e. The van der Waals surface area contributed by atoms with E-state index in [2.05, 4.69) is 25.3 Å². The molecule has 2 atom stereocenters. The number of carbonyl (C=O) groups is 1. The highest BCUT2D eigenvalue weighted by atomic mass is 35.5. The van der Waals surface area contributed by atoms with E-state index < -0.39 is 6.04 Å². The fourth-order valence-electron chi connectivity index (χ4n) is 4.86. The van der Waals surface area contributed by atoms with Gasteiger partial charge in [-0.05, 0) is 43.2 Å². The average Bonchev–Trinajstić information content (AvgIpc) is 3.50. The Labute approximate surface area is 235 Å². The number of aliphatic imine (C=N–C) groups is 1. The van der Waals surface area contributed by atoms with E-state index in [9.17, 15) is 9.59 Å². The first-order valence-corrected chi connectivity index (χ1v) is 13.2. The number of benzene rings is 1. The summed E-state index contributed by atoms with van der Waals surface area (Å²) in [7, 11) is 1.63. The number of allylic oxidation sites excluding steroid dienone is 1. The van der Waals surface area contributed by atoms with E-state index in [0.717, 1.165) is 5.56 Å². The van der Waals surface area contributed by atoms with Crippen LogP contribution in [0.4, 0.5) is 0 Å². The molecule has 11 heteroatoms. The SMILES string of the molecule is CN=C1C(=CN)NC(=O)C(C)CCCC(n2cnc(-c3cc(Cl)ccc3-c3ncco3)cc2=O)c2cc1ccn2. The van der Waals surface area contributed by atoms with E-state index in [4.69, 9.17) is 21.8 Å². The fraction of sp³-hybridized carbons (Fsp3) is 0.241. The number of nitrogens with zero attached hydrogens (tertiary/aromatic N) is 5. The Kier molecular flexibility index (Phi) is 7.88. The van der Waals surface area contributed by atoms with Crippen molar-refractivity contribution in [1.29, 1.82) is 0 Å². The zero-order valence-electron chi connectivity index (χ0n) is 22.0. The molecule has 10 nitrogen and oxygen atoms in total. The lowest BCUT2D eigenvalue weighted by Gasteiger charge is -2.23. The molecule has 0 saturated carbocycles. The third kappa shape index (κ3) is 5.43. The number of nitrogens with one attached hydrogen (secondary N) is 1. The molecule has 0 radical (unpaired) electrons. The zero-order chi connectivity index (χ0) is 28.2. The third-order valence-electron chi connectivity index (χ3n) is 6.95. The summed E-state index contributed by atoms with van der Waals surface area (Å²) in [6.07, 6.45) is 9.43. The first kappa shape index (κ1) is 27.0. The molecule has 4 heterocycles. The van der Waals surface area contributed by atoms with E-state index in [-0.39, 0.29) is 17.4 Å². The summed E-state index contributed by atoms with van der Waals surface area (Å²) in [5, 5.41) is 3.39. The van der Waals surface area contributed by atoms with Crippen molar-refractivity contribution in [2.24, 2.45) is 16.6 Å². The molecule has 0 aliphatic carbocycles. The highest BCUT2D eigenvalue weighted by Crippen LogP contribution is 2.32. The van der Waals surface area contributed by atoms with Gasteiger partial charge in [-0.1, -0.05) is 24.9 Å². The van der Waals surface area contributed by atoms with E-state index >= 15 is 0 Å². The van der Waals surface area contributed by atoms with E-state index in [1.807, 2.05) is 13.0 Å². The van der Waals surface area contributed by atoms with Gasteiger partial charge in [0.2, 0.25) is 11.8 Å². The Morgan fingerprint density at radius 3 is 2.67 bits per heavy atom. The van der Waals surface area contributed by atoms with Crippen molar-refractivity contribution >= 4 is 23.2 Å². The summed E-state index contributed by atoms with van der Waals surface area (Å²) in [5.74, 6) is -0.0145. The summed E-state index contributed by atoms with van der Waals surface area (Å²) in [5.41, 5.74) is 9.67. The quantitative estimate of drug-likeness (QED) is 0.381. The van der Waals surface area contributed by atoms with Crippen LogP contribution in [0.5, 0.6) is 0 Å². The average molecular weight is 558 g/mol. The van der Waals surface area contributed by atoms with Gasteiger partial charge >= 0.3 is 0 Å². The fourth-order valence-corrected chi connectivity index (χ4v) is 5.03. The second-order valence-corrected chi connectivity index (χ2v) is 9.94. The zero-order valence-corrected chi connectivity index (χ0v) is 22.8. The summed E-state index contributed by atoms with van der Waals surface area (Å²) < 4.78 is 7.06. The molecule has 3 aromatic heterocycles. The predicted molar refractivity (Wildman–Crippen MR) is 153 cm³/mol. The van der Waals surface area contributed by atoms with Gasteiger partial charge in [0.1, 0.15) is 6.26 Å². The topological polar surface area (TPSA) is 141 Å². The molecule has 40 heavy (non-hydrogen) atoms. The van der Waals surface area contributed by atoms with Crippen LogP contribution in [0.15, 0.2) is 87.5 Å². The van der Waals surface area contributed by atoms with Crippen LogP contribution in [0.25, 0.3) is 22.7 Å². The first-order valence-electron chi connectivity index (χ1n) is 12.8. The Hall–Kier alpha value is -4.57. The van der Waals surface area contributed by atoms with Crippen LogP contribution in [0.2, 0.25) is 5.02 Å². The van der Waals surface area contributed by atoms with Crippen LogP contribution < -0.4 is 16.6 Å². The van der Waals surface area contributed by atoms with Crippen LogP contribution in [-0.2, 0) is 4.79 Å². The number of aromatic nitrogens is 4. The van der Waals surface area contributed by atoms with Gasteiger partial charge in [-0.3, -0.25) is 24.1 Å². The number of amides is 1. The van der Waals surface area contributed by atoms with Crippen molar-refractivity contribution < 1.29 is 9.21 Å². The second-order valence-electron chi connectivity index (χ2n) is 9.51. The molecular weight excluding hydrogens is 530 g/mol. The number of halogens is 1. The Morgan fingerprint density at radius 2 is 1.95 bits per heavy atom. The Morgan fingerprint density at radius 1 is 1.10 bits per heavy atom. The van der Waals surface area contributed by atoms with Gasteiger partial charge in [0.25, 0.3) is 5.56 Å². The Balaban J connectivity index is 1.59. The van der Waals surface area contributed by atoms with Gasteiger partial charge in [-0.2, -0.15) is 0 Å². The van der Waals surface area contributed by atoms with E-state index in [1.165, 1.54) is 24.9 Å². The van der Waals surface area contributed by atoms with Gasteiger partial charge in [0.05, 0.1) is 41.4 Å². The molecule has 5 rings (SSSR count). The monoisotopic (exact) mass is 557 g/mol.